The normalized spacial score (nSPS) is 37.6. The predicted molar refractivity (Wildman–Crippen MR) is 63.9 cm³/mol. The highest BCUT2D eigenvalue weighted by Crippen LogP contribution is 2.51. The molecule has 86 valence electrons. The molecule has 2 unspecified atom stereocenters. The molecule has 0 saturated carbocycles. The lowest BCUT2D eigenvalue weighted by atomic mass is 9.85. The predicted octanol–water partition coefficient (Wildman–Crippen LogP) is 3.07. The molecule has 0 amide bonds. The zero-order valence-electron chi connectivity index (χ0n) is 9.03. The van der Waals surface area contributed by atoms with Crippen molar-refractivity contribution < 1.29 is 9.50 Å². The van der Waals surface area contributed by atoms with Crippen molar-refractivity contribution in [3.8, 4) is 0 Å². The van der Waals surface area contributed by atoms with Crippen LogP contribution in [0.1, 0.15) is 31.2 Å². The lowest BCUT2D eigenvalue weighted by Crippen LogP contribution is -2.35. The summed E-state index contributed by atoms with van der Waals surface area (Å²) in [5.74, 6) is -0.267. The molecule has 2 aliphatic rings. The largest absolute Gasteiger partial charge is 0.385 e. The summed E-state index contributed by atoms with van der Waals surface area (Å²) in [6.07, 6.45) is 3.75. The molecule has 1 aromatic carbocycles. The molecule has 1 aromatic rings. The minimum Gasteiger partial charge on any atom is -0.385 e. The Morgan fingerprint density at radius 2 is 1.81 bits per heavy atom. The van der Waals surface area contributed by atoms with Crippen LogP contribution in [0.5, 0.6) is 0 Å². The molecule has 2 bridgehead atoms. The van der Waals surface area contributed by atoms with E-state index in [4.69, 9.17) is 0 Å². The van der Waals surface area contributed by atoms with E-state index in [1.165, 1.54) is 18.9 Å². The number of thioether (sulfide) groups is 1. The molecular weight excluding hydrogens is 223 g/mol. The molecule has 0 radical (unpaired) electrons. The van der Waals surface area contributed by atoms with Gasteiger partial charge in [-0.15, -0.1) is 0 Å². The molecule has 0 aliphatic carbocycles. The van der Waals surface area contributed by atoms with Gasteiger partial charge >= 0.3 is 0 Å². The molecule has 1 nitrogen and oxygen atoms in total. The van der Waals surface area contributed by atoms with E-state index >= 15 is 0 Å². The van der Waals surface area contributed by atoms with Gasteiger partial charge < -0.3 is 5.11 Å². The van der Waals surface area contributed by atoms with Crippen LogP contribution in [-0.4, -0.2) is 15.6 Å². The Morgan fingerprint density at radius 1 is 1.19 bits per heavy atom. The molecule has 16 heavy (non-hydrogen) atoms. The maximum atomic E-state index is 13.7. The van der Waals surface area contributed by atoms with Crippen molar-refractivity contribution in [2.75, 3.05) is 0 Å². The van der Waals surface area contributed by atoms with Crippen LogP contribution in [0.4, 0.5) is 4.39 Å². The average Bonchev–Trinajstić information content (AvgIpc) is 2.59. The summed E-state index contributed by atoms with van der Waals surface area (Å²) in [7, 11) is 0. The van der Waals surface area contributed by atoms with Gasteiger partial charge in [0.25, 0.3) is 0 Å². The Bertz CT molecular complexity index is 395. The topological polar surface area (TPSA) is 20.2 Å². The van der Waals surface area contributed by atoms with Crippen LogP contribution in [0.15, 0.2) is 24.3 Å². The Hall–Kier alpha value is -0.540. The summed E-state index contributed by atoms with van der Waals surface area (Å²) in [5.41, 5.74) is -0.435. The first-order valence-electron chi connectivity index (χ1n) is 5.80. The summed E-state index contributed by atoms with van der Waals surface area (Å²) in [5, 5.41) is 11.7. The van der Waals surface area contributed by atoms with Crippen molar-refractivity contribution in [3.63, 3.8) is 0 Å². The fourth-order valence-electron chi connectivity index (χ4n) is 2.98. The summed E-state index contributed by atoms with van der Waals surface area (Å²) >= 11 is 1.97. The van der Waals surface area contributed by atoms with E-state index in [1.54, 1.807) is 18.2 Å². The fourth-order valence-corrected chi connectivity index (χ4v) is 4.81. The molecule has 0 spiro atoms. The van der Waals surface area contributed by atoms with E-state index in [0.717, 1.165) is 0 Å². The van der Waals surface area contributed by atoms with E-state index in [1.807, 2.05) is 11.8 Å². The highest BCUT2D eigenvalue weighted by atomic mass is 32.2. The van der Waals surface area contributed by atoms with E-state index in [0.29, 0.717) is 28.9 Å². The Labute approximate surface area is 99.1 Å². The van der Waals surface area contributed by atoms with Gasteiger partial charge in [0.15, 0.2) is 0 Å². The summed E-state index contributed by atoms with van der Waals surface area (Å²) in [6, 6.07) is 6.65. The first kappa shape index (κ1) is 10.6. The third-order valence-corrected chi connectivity index (χ3v) is 5.28. The van der Waals surface area contributed by atoms with Crippen molar-refractivity contribution in [2.24, 2.45) is 0 Å². The summed E-state index contributed by atoms with van der Waals surface area (Å²) in [6.45, 7) is 0. The Morgan fingerprint density at radius 3 is 2.44 bits per heavy atom. The number of hydrogen-bond donors (Lipinski definition) is 1. The van der Waals surface area contributed by atoms with Crippen LogP contribution in [0.3, 0.4) is 0 Å². The highest BCUT2D eigenvalue weighted by molar-refractivity contribution is 8.00. The molecule has 2 heterocycles. The quantitative estimate of drug-likeness (QED) is 0.811. The maximum absolute atomic E-state index is 13.7. The second kappa shape index (κ2) is 3.74. The van der Waals surface area contributed by atoms with Crippen molar-refractivity contribution in [1.82, 2.24) is 0 Å². The van der Waals surface area contributed by atoms with Gasteiger partial charge in [0.1, 0.15) is 5.82 Å². The monoisotopic (exact) mass is 238 g/mol. The number of benzene rings is 1. The molecule has 3 heteroatoms. The number of rotatable bonds is 1. The third-order valence-electron chi connectivity index (χ3n) is 3.70. The highest BCUT2D eigenvalue weighted by Gasteiger charge is 2.45. The summed E-state index contributed by atoms with van der Waals surface area (Å²) < 4.78 is 13.7. The van der Waals surface area contributed by atoms with Crippen LogP contribution in [0, 0.1) is 5.82 Å². The van der Waals surface area contributed by atoms with Crippen LogP contribution >= 0.6 is 11.8 Å². The van der Waals surface area contributed by atoms with E-state index in [9.17, 15) is 9.50 Å². The first-order chi connectivity index (χ1) is 7.67. The maximum Gasteiger partial charge on any atom is 0.129 e. The minimum atomic E-state index is -0.928. The Kier molecular flexibility index (Phi) is 2.48. The van der Waals surface area contributed by atoms with Crippen molar-refractivity contribution >= 4 is 11.8 Å². The zero-order valence-corrected chi connectivity index (χ0v) is 9.84. The van der Waals surface area contributed by atoms with Gasteiger partial charge in [0.05, 0.1) is 5.60 Å². The van der Waals surface area contributed by atoms with Gasteiger partial charge in [0, 0.05) is 16.1 Å². The van der Waals surface area contributed by atoms with Gasteiger partial charge in [0.2, 0.25) is 0 Å². The molecule has 0 aromatic heterocycles. The number of aliphatic hydroxyl groups is 1. The number of fused-ring (bicyclic) bond motifs is 2. The van der Waals surface area contributed by atoms with Crippen molar-refractivity contribution in [3.05, 3.63) is 35.6 Å². The SMILES string of the molecule is OC1(c2ccccc2F)CC2CCC(C1)S2. The zero-order chi connectivity index (χ0) is 11.2. The third kappa shape index (κ3) is 1.66. The van der Waals surface area contributed by atoms with E-state index < -0.39 is 5.60 Å². The van der Waals surface area contributed by atoms with Gasteiger partial charge in [-0.3, -0.25) is 0 Å². The smallest absolute Gasteiger partial charge is 0.129 e. The van der Waals surface area contributed by atoms with Crippen LogP contribution in [0.25, 0.3) is 0 Å². The molecule has 1 N–H and O–H groups in total. The first-order valence-corrected chi connectivity index (χ1v) is 6.74. The van der Waals surface area contributed by atoms with Gasteiger partial charge in [-0.1, -0.05) is 18.2 Å². The molecule has 3 rings (SSSR count). The molecule has 2 aliphatic heterocycles. The van der Waals surface area contributed by atoms with Crippen molar-refractivity contribution in [2.45, 2.75) is 41.8 Å². The van der Waals surface area contributed by atoms with Gasteiger partial charge in [-0.05, 0) is 31.7 Å². The molecule has 2 fully saturated rings. The lowest BCUT2D eigenvalue weighted by molar-refractivity contribution is 0.0162. The summed E-state index contributed by atoms with van der Waals surface area (Å²) in [4.78, 5) is 0. The Balaban J connectivity index is 1.96. The van der Waals surface area contributed by atoms with E-state index in [-0.39, 0.29) is 5.82 Å². The number of hydrogen-bond acceptors (Lipinski definition) is 2. The van der Waals surface area contributed by atoms with Crippen LogP contribution in [-0.2, 0) is 5.60 Å². The van der Waals surface area contributed by atoms with Crippen molar-refractivity contribution in [1.29, 1.82) is 0 Å². The van der Waals surface area contributed by atoms with Crippen LogP contribution in [0.2, 0.25) is 0 Å². The second-order valence-electron chi connectivity index (χ2n) is 4.88. The molecule has 2 saturated heterocycles. The average molecular weight is 238 g/mol. The fraction of sp³-hybridized carbons (Fsp3) is 0.538. The number of halogens is 1. The second-order valence-corrected chi connectivity index (χ2v) is 6.48. The van der Waals surface area contributed by atoms with Gasteiger partial charge in [-0.2, -0.15) is 11.8 Å². The van der Waals surface area contributed by atoms with Gasteiger partial charge in [-0.25, -0.2) is 4.39 Å². The molecule has 2 atom stereocenters. The standard InChI is InChI=1S/C13H15FOS/c14-12-4-2-1-3-11(12)13(15)7-9-5-6-10(8-13)16-9/h1-4,9-10,15H,5-8H2. The molecular formula is C13H15FOS. The minimum absolute atomic E-state index is 0.267. The lowest BCUT2D eigenvalue weighted by Gasteiger charge is -2.36. The van der Waals surface area contributed by atoms with Crippen LogP contribution < -0.4 is 0 Å². The van der Waals surface area contributed by atoms with E-state index in [2.05, 4.69) is 0 Å².